The summed E-state index contributed by atoms with van der Waals surface area (Å²) < 4.78 is 5.98. The van der Waals surface area contributed by atoms with Gasteiger partial charge in [-0.15, -0.1) is 0 Å². The second-order valence-electron chi connectivity index (χ2n) is 10.3. The Bertz CT molecular complexity index is 679. The lowest BCUT2D eigenvalue weighted by atomic mass is 9.86. The Morgan fingerprint density at radius 3 is 2.37 bits per heavy atom. The summed E-state index contributed by atoms with van der Waals surface area (Å²) in [5.74, 6) is 1.28. The summed E-state index contributed by atoms with van der Waals surface area (Å²) in [5, 5.41) is 14.3. The molecule has 200 valence electrons. The van der Waals surface area contributed by atoms with Crippen LogP contribution in [-0.4, -0.2) is 30.9 Å². The fraction of sp³-hybridized carbons (Fsp3) is 0.688. The predicted octanol–water partition coefficient (Wildman–Crippen LogP) is 8.42. The van der Waals surface area contributed by atoms with E-state index in [0.29, 0.717) is 18.6 Å². The lowest BCUT2D eigenvalue weighted by Crippen LogP contribution is -2.23. The molecule has 0 saturated carbocycles. The Morgan fingerprint density at radius 1 is 1.00 bits per heavy atom. The van der Waals surface area contributed by atoms with Gasteiger partial charge >= 0.3 is 0 Å². The van der Waals surface area contributed by atoms with Crippen molar-refractivity contribution in [2.24, 2.45) is 5.92 Å². The highest BCUT2D eigenvalue weighted by atomic mass is 16.5. The zero-order chi connectivity index (χ0) is 25.7. The van der Waals surface area contributed by atoms with Crippen LogP contribution in [0.15, 0.2) is 48.1 Å². The van der Waals surface area contributed by atoms with Crippen molar-refractivity contribution in [3.8, 4) is 5.75 Å². The molecular formula is C32H55NO2. The fourth-order valence-electron chi connectivity index (χ4n) is 4.59. The monoisotopic (exact) mass is 485 g/mol. The molecule has 0 heterocycles. The van der Waals surface area contributed by atoms with Crippen LogP contribution in [0.4, 0.5) is 0 Å². The summed E-state index contributed by atoms with van der Waals surface area (Å²) in [6.07, 6.45) is 21.6. The second kappa shape index (κ2) is 20.6. The molecule has 0 aliphatic rings. The van der Waals surface area contributed by atoms with E-state index >= 15 is 0 Å². The zero-order valence-electron chi connectivity index (χ0n) is 23.5. The molecule has 0 spiro atoms. The maximum Gasteiger partial charge on any atom is 0.119 e. The van der Waals surface area contributed by atoms with Crippen LogP contribution in [0.1, 0.15) is 110 Å². The molecule has 0 bridgehead atoms. The smallest absolute Gasteiger partial charge is 0.119 e. The first-order valence-electron chi connectivity index (χ1n) is 14.3. The second-order valence-corrected chi connectivity index (χ2v) is 10.3. The minimum absolute atomic E-state index is 0.191. The summed E-state index contributed by atoms with van der Waals surface area (Å²) in [6, 6.07) is 8.92. The van der Waals surface area contributed by atoms with Gasteiger partial charge < -0.3 is 15.2 Å². The first-order valence-corrected chi connectivity index (χ1v) is 14.3. The van der Waals surface area contributed by atoms with Gasteiger partial charge in [0, 0.05) is 6.04 Å². The van der Waals surface area contributed by atoms with E-state index in [2.05, 4.69) is 75.5 Å². The third-order valence-electron chi connectivity index (χ3n) is 7.05. The van der Waals surface area contributed by atoms with Gasteiger partial charge in [-0.05, 0) is 96.0 Å². The summed E-state index contributed by atoms with van der Waals surface area (Å²) in [6.45, 7) is 9.32. The summed E-state index contributed by atoms with van der Waals surface area (Å²) >= 11 is 0. The van der Waals surface area contributed by atoms with Gasteiger partial charge in [0.15, 0.2) is 0 Å². The van der Waals surface area contributed by atoms with Crippen molar-refractivity contribution in [2.75, 3.05) is 13.7 Å². The highest BCUT2D eigenvalue weighted by molar-refractivity contribution is 5.28. The molecule has 1 rings (SSSR count). The Balaban J connectivity index is 2.49. The number of aliphatic hydroxyl groups is 1. The number of unbranched alkanes of at least 4 members (excludes halogenated alkanes) is 7. The number of hydrogen-bond donors (Lipinski definition) is 2. The van der Waals surface area contributed by atoms with Crippen molar-refractivity contribution in [1.29, 1.82) is 0 Å². The number of aliphatic hydroxyl groups excluding tert-OH is 1. The fourth-order valence-corrected chi connectivity index (χ4v) is 4.59. The predicted molar refractivity (Wildman–Crippen MR) is 153 cm³/mol. The normalized spacial score (nSPS) is 14.9. The minimum atomic E-state index is -0.191. The quantitative estimate of drug-likeness (QED) is 0.136. The molecule has 2 N–H and O–H groups in total. The van der Waals surface area contributed by atoms with E-state index < -0.39 is 0 Å². The molecule has 0 amide bonds. The Kier molecular flexibility index (Phi) is 18.5. The Morgan fingerprint density at radius 2 is 1.69 bits per heavy atom. The molecule has 0 aromatic heterocycles. The van der Waals surface area contributed by atoms with E-state index in [-0.39, 0.29) is 6.10 Å². The third-order valence-corrected chi connectivity index (χ3v) is 7.05. The molecule has 0 aliphatic carbocycles. The molecule has 0 saturated heterocycles. The molecule has 0 radical (unpaired) electrons. The van der Waals surface area contributed by atoms with Crippen LogP contribution in [-0.2, 0) is 6.42 Å². The van der Waals surface area contributed by atoms with Crippen molar-refractivity contribution < 1.29 is 9.84 Å². The lowest BCUT2D eigenvalue weighted by Gasteiger charge is -2.24. The van der Waals surface area contributed by atoms with E-state index in [4.69, 9.17) is 4.74 Å². The van der Waals surface area contributed by atoms with Gasteiger partial charge in [0.1, 0.15) is 12.4 Å². The number of benzene rings is 1. The van der Waals surface area contributed by atoms with Crippen LogP contribution in [0.5, 0.6) is 5.75 Å². The van der Waals surface area contributed by atoms with Crippen LogP contribution < -0.4 is 10.1 Å². The molecule has 3 nitrogen and oxygen atoms in total. The largest absolute Gasteiger partial charge is 0.490 e. The molecule has 2 unspecified atom stereocenters. The van der Waals surface area contributed by atoms with Crippen molar-refractivity contribution >= 4 is 0 Å². The molecule has 0 fully saturated rings. The zero-order valence-corrected chi connectivity index (χ0v) is 23.5. The molecule has 3 heteroatoms. The molecule has 35 heavy (non-hydrogen) atoms. The van der Waals surface area contributed by atoms with Crippen LogP contribution in [0.3, 0.4) is 0 Å². The van der Waals surface area contributed by atoms with Gasteiger partial charge in [0.25, 0.3) is 0 Å². The van der Waals surface area contributed by atoms with Crippen LogP contribution >= 0.6 is 0 Å². The Labute approximate surface area is 217 Å². The number of hydrogen-bond acceptors (Lipinski definition) is 3. The van der Waals surface area contributed by atoms with E-state index in [1.165, 1.54) is 62.5 Å². The molecular weight excluding hydrogens is 430 g/mol. The summed E-state index contributed by atoms with van der Waals surface area (Å²) in [5.41, 5.74) is 2.65. The standard InChI is InChI=1S/C32H55NO2/c1-6-8-10-12-13-14-16-18-32(34)30(17-15-11-9-7-2)25-27(3)23-24-35-31-21-19-29(20-22-31)26-28(4)33-5/h6,8,19-23,28,30,32-34H,7,9-18,24-26H2,1-5H3/b8-6+,27-23+/t28-,30?,32?/m1/s1. The number of allylic oxidation sites excluding steroid dienone is 3. The molecule has 1 aromatic carbocycles. The van der Waals surface area contributed by atoms with E-state index in [9.17, 15) is 5.11 Å². The van der Waals surface area contributed by atoms with Gasteiger partial charge in [-0.1, -0.05) is 81.7 Å². The highest BCUT2D eigenvalue weighted by Crippen LogP contribution is 2.26. The van der Waals surface area contributed by atoms with Gasteiger partial charge in [0.2, 0.25) is 0 Å². The topological polar surface area (TPSA) is 41.5 Å². The summed E-state index contributed by atoms with van der Waals surface area (Å²) in [4.78, 5) is 0. The number of ether oxygens (including phenoxy) is 1. The van der Waals surface area contributed by atoms with Gasteiger partial charge in [-0.2, -0.15) is 0 Å². The molecule has 3 atom stereocenters. The van der Waals surface area contributed by atoms with Crippen molar-refractivity contribution in [2.45, 2.75) is 123 Å². The average Bonchev–Trinajstić information content (AvgIpc) is 2.86. The van der Waals surface area contributed by atoms with Crippen molar-refractivity contribution in [1.82, 2.24) is 5.32 Å². The van der Waals surface area contributed by atoms with Gasteiger partial charge in [-0.3, -0.25) is 0 Å². The number of likely N-dealkylation sites (N-methyl/N-ethyl adjacent to an activating group) is 1. The molecule has 1 aromatic rings. The Hall–Kier alpha value is -1.58. The van der Waals surface area contributed by atoms with Crippen LogP contribution in [0.25, 0.3) is 0 Å². The van der Waals surface area contributed by atoms with Crippen LogP contribution in [0, 0.1) is 5.92 Å². The van der Waals surface area contributed by atoms with Gasteiger partial charge in [-0.25, -0.2) is 0 Å². The SMILES string of the molecule is C/C=C/CCCCCCC(O)C(CCCCCC)C/C(C)=C/COc1ccc(C[C@@H](C)NC)cc1. The first-order chi connectivity index (χ1) is 17.0. The minimum Gasteiger partial charge on any atom is -0.490 e. The number of nitrogens with one attached hydrogen (secondary N) is 1. The van der Waals surface area contributed by atoms with Crippen LogP contribution in [0.2, 0.25) is 0 Å². The maximum absolute atomic E-state index is 11.0. The van der Waals surface area contributed by atoms with Gasteiger partial charge in [0.05, 0.1) is 6.10 Å². The average molecular weight is 486 g/mol. The van der Waals surface area contributed by atoms with E-state index in [0.717, 1.165) is 37.9 Å². The third kappa shape index (κ3) is 15.9. The van der Waals surface area contributed by atoms with Crippen molar-refractivity contribution in [3.05, 3.63) is 53.6 Å². The van der Waals surface area contributed by atoms with E-state index in [1.54, 1.807) is 0 Å². The maximum atomic E-state index is 11.0. The lowest BCUT2D eigenvalue weighted by molar-refractivity contribution is 0.0892. The van der Waals surface area contributed by atoms with E-state index in [1.807, 2.05) is 7.05 Å². The molecule has 0 aliphatic heterocycles. The highest BCUT2D eigenvalue weighted by Gasteiger charge is 2.19. The van der Waals surface area contributed by atoms with Crippen molar-refractivity contribution in [3.63, 3.8) is 0 Å². The first kappa shape index (κ1) is 31.4. The number of rotatable bonds is 21. The summed E-state index contributed by atoms with van der Waals surface area (Å²) in [7, 11) is 2.00.